The molecule has 0 radical (unpaired) electrons. The zero-order valence-electron chi connectivity index (χ0n) is 26.9. The molecule has 0 amide bonds. The average Bonchev–Trinajstić information content (AvgIpc) is 3.56. The molecule has 45 heavy (non-hydrogen) atoms. The molecule has 0 aliphatic heterocycles. The number of fused-ring (bicyclic) bond motifs is 1. The largest absolute Gasteiger partial charge is 0.494 e. The highest BCUT2D eigenvalue weighted by Gasteiger charge is 2.30. The molecule has 3 aromatic rings. The maximum Gasteiger partial charge on any atom is 0.279 e. The molecular formula is C36H49F2N3O3S. The number of halogens is 2. The SMILES string of the molecule is CCCCOc1ccc(C(F)(F)CC=O)cc1.CN=C1CCC(C)C(N)C1.NSc1ccc2cc(OC3CCCC3)ccc2c1. The van der Waals surface area contributed by atoms with E-state index >= 15 is 0 Å². The Morgan fingerprint density at radius 2 is 1.67 bits per heavy atom. The van der Waals surface area contributed by atoms with Crippen molar-refractivity contribution < 1.29 is 23.0 Å². The Morgan fingerprint density at radius 1 is 1.00 bits per heavy atom. The summed E-state index contributed by atoms with van der Waals surface area (Å²) < 4.78 is 38.0. The van der Waals surface area contributed by atoms with Crippen LogP contribution >= 0.6 is 11.9 Å². The number of aliphatic imine (C=N–C) groups is 1. The summed E-state index contributed by atoms with van der Waals surface area (Å²) in [5.41, 5.74) is 7.00. The van der Waals surface area contributed by atoms with Gasteiger partial charge in [-0.1, -0.05) is 32.4 Å². The molecule has 2 unspecified atom stereocenters. The lowest BCUT2D eigenvalue weighted by Crippen LogP contribution is -2.35. The van der Waals surface area contributed by atoms with E-state index < -0.39 is 12.3 Å². The van der Waals surface area contributed by atoms with Gasteiger partial charge in [-0.2, -0.15) is 0 Å². The van der Waals surface area contributed by atoms with E-state index in [1.165, 1.54) is 84.8 Å². The number of rotatable bonds is 10. The molecule has 2 atom stereocenters. The first kappa shape index (κ1) is 36.5. The Labute approximate surface area is 271 Å². The van der Waals surface area contributed by atoms with Crippen LogP contribution in [-0.2, 0) is 10.7 Å². The minimum Gasteiger partial charge on any atom is -0.494 e. The number of benzene rings is 3. The zero-order chi connectivity index (χ0) is 32.7. The van der Waals surface area contributed by atoms with Crippen LogP contribution < -0.4 is 20.3 Å². The summed E-state index contributed by atoms with van der Waals surface area (Å²) in [5.74, 6) is -0.846. The molecule has 0 saturated heterocycles. The number of alkyl halides is 2. The van der Waals surface area contributed by atoms with Gasteiger partial charge in [0, 0.05) is 35.7 Å². The number of aldehydes is 1. The van der Waals surface area contributed by atoms with E-state index in [0.29, 0.717) is 30.4 Å². The summed E-state index contributed by atoms with van der Waals surface area (Å²) in [4.78, 5) is 15.4. The summed E-state index contributed by atoms with van der Waals surface area (Å²) >= 11 is 1.28. The zero-order valence-corrected chi connectivity index (χ0v) is 27.7. The van der Waals surface area contributed by atoms with E-state index in [-0.39, 0.29) is 11.8 Å². The van der Waals surface area contributed by atoms with Gasteiger partial charge in [-0.25, -0.2) is 8.78 Å². The maximum absolute atomic E-state index is 13.3. The third-order valence-electron chi connectivity index (χ3n) is 8.31. The topological polar surface area (TPSA) is 99.9 Å². The highest BCUT2D eigenvalue weighted by Crippen LogP contribution is 2.32. The van der Waals surface area contributed by atoms with E-state index in [9.17, 15) is 13.6 Å². The van der Waals surface area contributed by atoms with Gasteiger partial charge >= 0.3 is 0 Å². The maximum atomic E-state index is 13.3. The van der Waals surface area contributed by atoms with E-state index in [1.807, 2.05) is 20.0 Å². The van der Waals surface area contributed by atoms with Crippen molar-refractivity contribution in [1.29, 1.82) is 0 Å². The van der Waals surface area contributed by atoms with Crippen molar-refractivity contribution in [3.8, 4) is 11.5 Å². The summed E-state index contributed by atoms with van der Waals surface area (Å²) in [6, 6.07) is 18.5. The van der Waals surface area contributed by atoms with E-state index in [4.69, 9.17) is 20.3 Å². The predicted octanol–water partition coefficient (Wildman–Crippen LogP) is 8.88. The molecule has 2 saturated carbocycles. The minimum atomic E-state index is -3.09. The summed E-state index contributed by atoms with van der Waals surface area (Å²) in [6.45, 7) is 4.85. The average molecular weight is 642 g/mol. The molecule has 9 heteroatoms. The van der Waals surface area contributed by atoms with Crippen molar-refractivity contribution in [3.63, 3.8) is 0 Å². The number of carbonyl (C=O) groups excluding carboxylic acids is 1. The van der Waals surface area contributed by atoms with Gasteiger partial charge in [0.2, 0.25) is 0 Å². The van der Waals surface area contributed by atoms with Crippen LogP contribution in [0.2, 0.25) is 0 Å². The van der Waals surface area contributed by atoms with Crippen molar-refractivity contribution in [2.45, 2.75) is 101 Å². The highest BCUT2D eigenvalue weighted by molar-refractivity contribution is 7.97. The minimum absolute atomic E-state index is 0.160. The highest BCUT2D eigenvalue weighted by atomic mass is 32.2. The Bertz CT molecular complexity index is 1350. The second-order valence-electron chi connectivity index (χ2n) is 11.8. The molecule has 0 spiro atoms. The number of ether oxygens (including phenoxy) is 2. The number of hydrogen-bond acceptors (Lipinski definition) is 7. The lowest BCUT2D eigenvalue weighted by molar-refractivity contribution is -0.115. The molecule has 5 rings (SSSR count). The van der Waals surface area contributed by atoms with Gasteiger partial charge in [-0.15, -0.1) is 0 Å². The Kier molecular flexibility index (Phi) is 15.3. The third-order valence-corrected chi connectivity index (χ3v) is 8.84. The molecule has 3 aromatic carbocycles. The molecule has 2 fully saturated rings. The Morgan fingerprint density at radius 3 is 2.29 bits per heavy atom. The van der Waals surface area contributed by atoms with Gasteiger partial charge in [0.15, 0.2) is 0 Å². The molecule has 0 heterocycles. The molecule has 0 bridgehead atoms. The van der Waals surface area contributed by atoms with Crippen LogP contribution in [0.5, 0.6) is 11.5 Å². The normalized spacial score (nSPS) is 19.3. The second-order valence-corrected chi connectivity index (χ2v) is 12.5. The van der Waals surface area contributed by atoms with Crippen LogP contribution in [0.4, 0.5) is 8.78 Å². The van der Waals surface area contributed by atoms with Gasteiger partial charge in [0.05, 0.1) is 19.1 Å². The predicted molar refractivity (Wildman–Crippen MR) is 183 cm³/mol. The first-order chi connectivity index (χ1) is 21.7. The van der Waals surface area contributed by atoms with Crippen LogP contribution in [0.3, 0.4) is 0 Å². The molecule has 246 valence electrons. The van der Waals surface area contributed by atoms with E-state index in [1.54, 1.807) is 0 Å². The van der Waals surface area contributed by atoms with Crippen LogP contribution in [-0.4, -0.2) is 37.8 Å². The van der Waals surface area contributed by atoms with Crippen LogP contribution in [0.1, 0.15) is 83.6 Å². The van der Waals surface area contributed by atoms with Crippen LogP contribution in [0.25, 0.3) is 10.8 Å². The van der Waals surface area contributed by atoms with Crippen molar-refractivity contribution >= 4 is 34.7 Å². The van der Waals surface area contributed by atoms with E-state index in [0.717, 1.165) is 36.3 Å². The van der Waals surface area contributed by atoms with E-state index in [2.05, 4.69) is 42.2 Å². The number of hydrogen-bond donors (Lipinski definition) is 2. The third kappa shape index (κ3) is 12.0. The summed E-state index contributed by atoms with van der Waals surface area (Å²) in [7, 11) is 1.86. The quantitative estimate of drug-likeness (QED) is 0.130. The molecule has 4 N–H and O–H groups in total. The van der Waals surface area contributed by atoms with Crippen molar-refractivity contribution in [2.24, 2.45) is 21.8 Å². The second kappa shape index (κ2) is 18.8. The number of carbonyl (C=O) groups is 1. The lowest BCUT2D eigenvalue weighted by atomic mass is 9.85. The van der Waals surface area contributed by atoms with Gasteiger partial charge in [0.1, 0.15) is 17.8 Å². The smallest absolute Gasteiger partial charge is 0.279 e. The number of nitrogens with zero attached hydrogens (tertiary/aromatic N) is 1. The van der Waals surface area contributed by atoms with Gasteiger partial charge in [-0.3, -0.25) is 10.1 Å². The van der Waals surface area contributed by atoms with Gasteiger partial charge in [-0.05, 0) is 122 Å². The molecule has 0 aromatic heterocycles. The lowest BCUT2D eigenvalue weighted by Gasteiger charge is -2.26. The molecule has 2 aliphatic carbocycles. The summed E-state index contributed by atoms with van der Waals surface area (Å²) in [6.07, 6.45) is 10.2. The van der Waals surface area contributed by atoms with Crippen molar-refractivity contribution in [2.75, 3.05) is 13.7 Å². The Balaban J connectivity index is 0.000000192. The van der Waals surface area contributed by atoms with Crippen LogP contribution in [0.15, 0.2) is 70.6 Å². The van der Waals surface area contributed by atoms with Gasteiger partial charge in [0.25, 0.3) is 5.92 Å². The Hall–Kier alpha value is -3.01. The van der Waals surface area contributed by atoms with Crippen LogP contribution in [0, 0.1) is 5.92 Å². The van der Waals surface area contributed by atoms with Crippen molar-refractivity contribution in [1.82, 2.24) is 0 Å². The standard InChI is InChI=1S/C15H17NOS.C13H16F2O2.C8H16N2/c16-18-15-8-6-11-9-14(7-5-12(11)10-15)17-13-3-1-2-4-13;1-2-3-10-17-12-6-4-11(5-7-12)13(14,15)8-9-16;1-6-3-4-7(10-2)5-8(6)9/h5-10,13H,1-4,16H2;4-7,9H,2-3,8,10H2,1H3;6,8H,3-5,9H2,1-2H3. The number of unbranched alkanes of at least 4 members (excludes halogenated alkanes) is 1. The summed E-state index contributed by atoms with van der Waals surface area (Å²) in [5, 5.41) is 8.00. The van der Waals surface area contributed by atoms with Crippen molar-refractivity contribution in [3.05, 3.63) is 66.2 Å². The monoisotopic (exact) mass is 641 g/mol. The molecular weight excluding hydrogens is 592 g/mol. The molecule has 2 aliphatic rings. The molecule has 6 nitrogen and oxygen atoms in total. The fourth-order valence-electron chi connectivity index (χ4n) is 5.29. The number of nitrogens with two attached hydrogens (primary N) is 2. The fourth-order valence-corrected chi connectivity index (χ4v) is 5.63. The first-order valence-electron chi connectivity index (χ1n) is 16.0. The van der Waals surface area contributed by atoms with Gasteiger partial charge < -0.3 is 20.0 Å². The first-order valence-corrected chi connectivity index (χ1v) is 16.9. The fraction of sp³-hybridized carbons (Fsp3) is 0.500.